The number of hydrogen-bond donors (Lipinski definition) is 0. The lowest BCUT2D eigenvalue weighted by Gasteiger charge is -2.04. The molecule has 0 spiro atoms. The van der Waals surface area contributed by atoms with Crippen molar-refractivity contribution in [1.29, 1.82) is 0 Å². The summed E-state index contributed by atoms with van der Waals surface area (Å²) < 4.78 is 0. The smallest absolute Gasteiger partial charge is 0.0891 e. The number of pyridine rings is 2. The van der Waals surface area contributed by atoms with Crippen LogP contribution in [0.15, 0.2) is 60.9 Å². The van der Waals surface area contributed by atoms with E-state index < -0.39 is 0 Å². The average molecular weight is 230 g/mol. The second-order valence-corrected chi connectivity index (χ2v) is 4.41. The monoisotopic (exact) mass is 230 g/mol. The van der Waals surface area contributed by atoms with Crippen LogP contribution in [0, 0.1) is 0 Å². The summed E-state index contributed by atoms with van der Waals surface area (Å²) in [7, 11) is 0. The number of fused-ring (bicyclic) bond motifs is 4. The van der Waals surface area contributed by atoms with E-state index in [0.29, 0.717) is 0 Å². The van der Waals surface area contributed by atoms with E-state index >= 15 is 0 Å². The molecule has 0 unspecified atom stereocenters. The second kappa shape index (κ2) is 3.50. The van der Waals surface area contributed by atoms with E-state index in [-0.39, 0.29) is 0 Å². The van der Waals surface area contributed by atoms with Crippen LogP contribution in [0.2, 0.25) is 0 Å². The van der Waals surface area contributed by atoms with Crippen molar-refractivity contribution in [3.63, 3.8) is 0 Å². The molecular weight excluding hydrogens is 220 g/mol. The molecule has 2 aromatic heterocycles. The van der Waals surface area contributed by atoms with Crippen LogP contribution in [0.5, 0.6) is 0 Å². The van der Waals surface area contributed by atoms with E-state index in [0.717, 1.165) is 16.4 Å². The summed E-state index contributed by atoms with van der Waals surface area (Å²) in [5.74, 6) is 0. The van der Waals surface area contributed by atoms with Gasteiger partial charge in [-0.25, -0.2) is 0 Å². The van der Waals surface area contributed by atoms with Gasteiger partial charge in [0.25, 0.3) is 0 Å². The maximum Gasteiger partial charge on any atom is 0.0891 e. The summed E-state index contributed by atoms with van der Waals surface area (Å²) in [6, 6.07) is 16.8. The first-order valence-corrected chi connectivity index (χ1v) is 5.94. The minimum Gasteiger partial charge on any atom is -0.255 e. The maximum atomic E-state index is 4.50. The van der Waals surface area contributed by atoms with Crippen molar-refractivity contribution in [3.05, 3.63) is 60.9 Å². The first-order valence-electron chi connectivity index (χ1n) is 5.94. The lowest BCUT2D eigenvalue weighted by Crippen LogP contribution is -1.85. The van der Waals surface area contributed by atoms with Gasteiger partial charge in [0.05, 0.1) is 17.2 Å². The van der Waals surface area contributed by atoms with Crippen LogP contribution in [-0.4, -0.2) is 9.97 Å². The normalized spacial score (nSPS) is 11.3. The van der Waals surface area contributed by atoms with Gasteiger partial charge >= 0.3 is 0 Å². The fourth-order valence-corrected chi connectivity index (χ4v) is 2.43. The standard InChI is InChI=1S/C16H10N2/c1-2-5-12-9-15-14(8-11(12)4-1)13-6-3-7-17-16(13)10-18-15/h1-10H. The SMILES string of the molecule is c1ccc2cc3c(cc2c1)ncc1ncccc13. The maximum absolute atomic E-state index is 4.50. The molecule has 0 atom stereocenters. The van der Waals surface area contributed by atoms with Crippen molar-refractivity contribution in [3.8, 4) is 0 Å². The van der Waals surface area contributed by atoms with Gasteiger partial charge in [0, 0.05) is 17.0 Å². The Hall–Kier alpha value is -2.48. The predicted molar refractivity (Wildman–Crippen MR) is 74.6 cm³/mol. The Balaban J connectivity index is 2.27. The molecule has 0 aliphatic carbocycles. The van der Waals surface area contributed by atoms with Gasteiger partial charge in [0.15, 0.2) is 0 Å². The van der Waals surface area contributed by atoms with Crippen LogP contribution in [-0.2, 0) is 0 Å². The number of benzene rings is 2. The number of hydrogen-bond acceptors (Lipinski definition) is 2. The summed E-state index contributed by atoms with van der Waals surface area (Å²) in [4.78, 5) is 8.85. The molecule has 0 N–H and O–H groups in total. The van der Waals surface area contributed by atoms with E-state index in [1.54, 1.807) is 6.20 Å². The highest BCUT2D eigenvalue weighted by Crippen LogP contribution is 2.26. The molecule has 4 rings (SSSR count). The molecule has 0 aliphatic heterocycles. The third kappa shape index (κ3) is 1.29. The van der Waals surface area contributed by atoms with E-state index in [2.05, 4.69) is 52.4 Å². The third-order valence-electron chi connectivity index (χ3n) is 3.32. The molecule has 18 heavy (non-hydrogen) atoms. The molecule has 2 aromatic carbocycles. The minimum atomic E-state index is 0.945. The van der Waals surface area contributed by atoms with Crippen LogP contribution in [0.25, 0.3) is 32.6 Å². The Morgan fingerprint density at radius 1 is 0.667 bits per heavy atom. The molecule has 4 aromatic rings. The van der Waals surface area contributed by atoms with Crippen molar-refractivity contribution in [2.45, 2.75) is 0 Å². The zero-order valence-corrected chi connectivity index (χ0v) is 9.67. The topological polar surface area (TPSA) is 25.8 Å². The van der Waals surface area contributed by atoms with Crippen molar-refractivity contribution in [2.75, 3.05) is 0 Å². The van der Waals surface area contributed by atoms with Crippen LogP contribution < -0.4 is 0 Å². The zero-order chi connectivity index (χ0) is 11.9. The molecule has 84 valence electrons. The van der Waals surface area contributed by atoms with Gasteiger partial charge in [-0.05, 0) is 29.0 Å². The van der Waals surface area contributed by atoms with Gasteiger partial charge < -0.3 is 0 Å². The first kappa shape index (κ1) is 9.54. The molecule has 0 radical (unpaired) electrons. The second-order valence-electron chi connectivity index (χ2n) is 4.41. The van der Waals surface area contributed by atoms with Gasteiger partial charge in [0.2, 0.25) is 0 Å². The Kier molecular flexibility index (Phi) is 1.86. The first-order chi connectivity index (χ1) is 8.92. The van der Waals surface area contributed by atoms with Crippen LogP contribution in [0.4, 0.5) is 0 Å². The highest BCUT2D eigenvalue weighted by atomic mass is 14.7. The van der Waals surface area contributed by atoms with Crippen LogP contribution in [0.3, 0.4) is 0 Å². The zero-order valence-electron chi connectivity index (χ0n) is 9.67. The molecule has 0 amide bonds. The molecular formula is C16H10N2. The van der Waals surface area contributed by atoms with Crippen molar-refractivity contribution < 1.29 is 0 Å². The molecule has 2 nitrogen and oxygen atoms in total. The predicted octanol–water partition coefficient (Wildman–Crippen LogP) is 3.94. The molecule has 0 fully saturated rings. The van der Waals surface area contributed by atoms with Crippen molar-refractivity contribution in [2.24, 2.45) is 0 Å². The molecule has 0 saturated carbocycles. The summed E-state index contributed by atoms with van der Waals surface area (Å²) >= 11 is 0. The summed E-state index contributed by atoms with van der Waals surface area (Å²) in [5, 5.41) is 4.79. The van der Waals surface area contributed by atoms with Gasteiger partial charge in [-0.3, -0.25) is 9.97 Å². The van der Waals surface area contributed by atoms with Gasteiger partial charge in [-0.15, -0.1) is 0 Å². The Morgan fingerprint density at radius 2 is 1.50 bits per heavy atom. The van der Waals surface area contributed by atoms with Crippen molar-refractivity contribution >= 4 is 32.6 Å². The quantitative estimate of drug-likeness (QED) is 0.338. The fraction of sp³-hybridized carbons (Fsp3) is 0. The fourth-order valence-electron chi connectivity index (χ4n) is 2.43. The Morgan fingerprint density at radius 3 is 2.39 bits per heavy atom. The van der Waals surface area contributed by atoms with E-state index in [4.69, 9.17) is 0 Å². The molecule has 2 heterocycles. The molecule has 0 bridgehead atoms. The molecule has 0 saturated heterocycles. The summed E-state index contributed by atoms with van der Waals surface area (Å²) in [6.45, 7) is 0. The highest BCUT2D eigenvalue weighted by molar-refractivity contribution is 6.09. The number of aromatic nitrogens is 2. The van der Waals surface area contributed by atoms with Crippen molar-refractivity contribution in [1.82, 2.24) is 9.97 Å². The van der Waals surface area contributed by atoms with E-state index in [1.807, 2.05) is 12.3 Å². The summed E-state index contributed by atoms with van der Waals surface area (Å²) in [6.07, 6.45) is 3.64. The third-order valence-corrected chi connectivity index (χ3v) is 3.32. The molecule has 0 aliphatic rings. The minimum absolute atomic E-state index is 0.945. The van der Waals surface area contributed by atoms with Crippen LogP contribution in [0.1, 0.15) is 0 Å². The van der Waals surface area contributed by atoms with Gasteiger partial charge in [-0.1, -0.05) is 30.3 Å². The Labute approximate surface area is 104 Å². The average Bonchev–Trinajstić information content (AvgIpc) is 2.45. The number of rotatable bonds is 0. The van der Waals surface area contributed by atoms with Gasteiger partial charge in [0.1, 0.15) is 0 Å². The van der Waals surface area contributed by atoms with Crippen LogP contribution >= 0.6 is 0 Å². The Bertz CT molecular complexity index is 875. The highest BCUT2D eigenvalue weighted by Gasteiger charge is 2.03. The molecule has 2 heteroatoms. The van der Waals surface area contributed by atoms with E-state index in [9.17, 15) is 0 Å². The lowest BCUT2D eigenvalue weighted by atomic mass is 10.0. The largest absolute Gasteiger partial charge is 0.255 e. The summed E-state index contributed by atoms with van der Waals surface area (Å²) in [5.41, 5.74) is 1.97. The number of nitrogens with zero attached hydrogens (tertiary/aromatic N) is 2. The van der Waals surface area contributed by atoms with E-state index in [1.165, 1.54) is 16.2 Å². The van der Waals surface area contributed by atoms with Gasteiger partial charge in [-0.2, -0.15) is 0 Å². The lowest BCUT2D eigenvalue weighted by molar-refractivity contribution is 1.36.